The van der Waals surface area contributed by atoms with Crippen molar-refractivity contribution in [1.82, 2.24) is 20.1 Å². The number of hydrogen-bond acceptors (Lipinski definition) is 5. The summed E-state index contributed by atoms with van der Waals surface area (Å²) in [5.41, 5.74) is -0.0165. The van der Waals surface area contributed by atoms with Gasteiger partial charge in [-0.3, -0.25) is 9.78 Å². The lowest BCUT2D eigenvalue weighted by atomic mass is 9.99. The zero-order chi connectivity index (χ0) is 22.6. The number of nitrogens with one attached hydrogen (secondary N) is 3. The topological polar surface area (TPSA) is 95.7 Å². The predicted octanol–water partition coefficient (Wildman–Crippen LogP) is 3.95. The molecule has 0 bridgehead atoms. The monoisotopic (exact) mass is 428 g/mol. The van der Waals surface area contributed by atoms with Gasteiger partial charge in [0, 0.05) is 30.6 Å². The number of pyridine rings is 1. The van der Waals surface area contributed by atoms with Crippen molar-refractivity contribution in [3.05, 3.63) is 83.6 Å². The minimum atomic E-state index is -4.67. The van der Waals surface area contributed by atoms with Crippen LogP contribution in [0.5, 0.6) is 0 Å². The Kier molecular flexibility index (Phi) is 6.19. The molecule has 0 fully saturated rings. The fourth-order valence-corrected chi connectivity index (χ4v) is 2.83. The molecule has 0 aliphatic carbocycles. The quantitative estimate of drug-likeness (QED) is 0.518. The van der Waals surface area contributed by atoms with Gasteiger partial charge in [0.2, 0.25) is 0 Å². The largest absolute Gasteiger partial charge is 0.417 e. The van der Waals surface area contributed by atoms with E-state index in [2.05, 4.69) is 20.7 Å². The number of carbonyl (C=O) groups excluding carboxylic acids is 1. The molecule has 0 spiro atoms. The van der Waals surface area contributed by atoms with Gasteiger partial charge in [0.1, 0.15) is 0 Å². The standard InChI is InChI=1S/C21H19F3N6O/c1-13-10-28-30(12-13)19-6-8-27-11-18(19)29-20(31)14-3-4-16(21(22,23)24)15(9-14)17(25)5-7-26-2/h3-12,25-26H,1-2H3,(H,29,31)/b7-5-,25-17?. The van der Waals surface area contributed by atoms with Gasteiger partial charge in [0.05, 0.1) is 35.0 Å². The van der Waals surface area contributed by atoms with Crippen LogP contribution in [0.2, 0.25) is 0 Å². The molecule has 2 heterocycles. The van der Waals surface area contributed by atoms with E-state index in [1.165, 1.54) is 24.7 Å². The molecule has 3 rings (SSSR count). The van der Waals surface area contributed by atoms with Crippen LogP contribution in [0, 0.1) is 12.3 Å². The highest BCUT2D eigenvalue weighted by Gasteiger charge is 2.34. The van der Waals surface area contributed by atoms with Crippen molar-refractivity contribution in [3.8, 4) is 5.69 Å². The third kappa shape index (κ3) is 4.97. The first-order valence-corrected chi connectivity index (χ1v) is 9.11. The Bertz CT molecular complexity index is 1150. The number of anilines is 1. The third-order valence-corrected chi connectivity index (χ3v) is 4.30. The summed E-state index contributed by atoms with van der Waals surface area (Å²) < 4.78 is 41.8. The van der Waals surface area contributed by atoms with Crippen molar-refractivity contribution in [2.45, 2.75) is 13.1 Å². The van der Waals surface area contributed by atoms with Gasteiger partial charge in [0.15, 0.2) is 0 Å². The lowest BCUT2D eigenvalue weighted by molar-refractivity contribution is -0.137. The molecule has 0 saturated carbocycles. The second-order valence-corrected chi connectivity index (χ2v) is 6.60. The second kappa shape index (κ2) is 8.82. The molecular formula is C21H19F3N6O. The maximum absolute atomic E-state index is 13.4. The van der Waals surface area contributed by atoms with Crippen molar-refractivity contribution in [2.24, 2.45) is 0 Å². The molecule has 1 amide bonds. The molecular weight excluding hydrogens is 409 g/mol. The number of alkyl halides is 3. The van der Waals surface area contributed by atoms with Gasteiger partial charge >= 0.3 is 6.18 Å². The number of hydrogen-bond donors (Lipinski definition) is 3. The van der Waals surface area contributed by atoms with Gasteiger partial charge in [-0.05, 0) is 49.0 Å². The van der Waals surface area contributed by atoms with Gasteiger partial charge in [-0.1, -0.05) is 0 Å². The van der Waals surface area contributed by atoms with E-state index in [-0.39, 0.29) is 11.3 Å². The summed E-state index contributed by atoms with van der Waals surface area (Å²) in [7, 11) is 1.56. The molecule has 7 nitrogen and oxygen atoms in total. The van der Waals surface area contributed by atoms with Crippen molar-refractivity contribution in [2.75, 3.05) is 12.4 Å². The molecule has 0 aliphatic rings. The number of halogens is 3. The molecule has 31 heavy (non-hydrogen) atoms. The van der Waals surface area contributed by atoms with Gasteiger partial charge in [0.25, 0.3) is 5.91 Å². The smallest absolute Gasteiger partial charge is 0.394 e. The Morgan fingerprint density at radius 2 is 2.00 bits per heavy atom. The number of benzene rings is 1. The average Bonchev–Trinajstić information content (AvgIpc) is 3.17. The first-order chi connectivity index (χ1) is 14.7. The zero-order valence-electron chi connectivity index (χ0n) is 16.7. The molecule has 0 aliphatic heterocycles. The minimum Gasteiger partial charge on any atom is -0.394 e. The van der Waals surface area contributed by atoms with E-state index < -0.39 is 23.2 Å². The van der Waals surface area contributed by atoms with Crippen LogP contribution in [-0.4, -0.2) is 33.4 Å². The van der Waals surface area contributed by atoms with E-state index in [1.54, 1.807) is 30.2 Å². The summed E-state index contributed by atoms with van der Waals surface area (Å²) in [5.74, 6) is -0.640. The van der Waals surface area contributed by atoms with Crippen LogP contribution in [0.4, 0.5) is 18.9 Å². The van der Waals surface area contributed by atoms with Crippen LogP contribution < -0.4 is 10.6 Å². The number of amides is 1. The summed E-state index contributed by atoms with van der Waals surface area (Å²) in [6.07, 6.45) is 4.23. The fraction of sp³-hybridized carbons (Fsp3) is 0.143. The van der Waals surface area contributed by atoms with Crippen LogP contribution in [0.1, 0.15) is 27.0 Å². The average molecular weight is 428 g/mol. The highest BCUT2D eigenvalue weighted by atomic mass is 19.4. The normalized spacial score (nSPS) is 11.5. The first kappa shape index (κ1) is 21.8. The van der Waals surface area contributed by atoms with Gasteiger partial charge in [-0.15, -0.1) is 0 Å². The van der Waals surface area contributed by atoms with Crippen molar-refractivity contribution < 1.29 is 18.0 Å². The molecule has 3 N–H and O–H groups in total. The number of aryl methyl sites for hydroxylation is 1. The van der Waals surface area contributed by atoms with Crippen LogP contribution in [-0.2, 0) is 6.18 Å². The molecule has 0 saturated heterocycles. The second-order valence-electron chi connectivity index (χ2n) is 6.60. The predicted molar refractivity (Wildman–Crippen MR) is 111 cm³/mol. The van der Waals surface area contributed by atoms with E-state index in [0.717, 1.165) is 23.8 Å². The zero-order valence-corrected chi connectivity index (χ0v) is 16.7. The fourth-order valence-electron chi connectivity index (χ4n) is 2.83. The molecule has 160 valence electrons. The Morgan fingerprint density at radius 1 is 1.23 bits per heavy atom. The Balaban J connectivity index is 1.96. The van der Waals surface area contributed by atoms with E-state index in [4.69, 9.17) is 5.41 Å². The summed E-state index contributed by atoms with van der Waals surface area (Å²) in [4.78, 5) is 16.8. The third-order valence-electron chi connectivity index (χ3n) is 4.30. The Labute approximate surface area is 176 Å². The molecule has 10 heteroatoms. The lowest BCUT2D eigenvalue weighted by Crippen LogP contribution is -2.18. The van der Waals surface area contributed by atoms with Gasteiger partial charge in [-0.2, -0.15) is 18.3 Å². The summed E-state index contributed by atoms with van der Waals surface area (Å²) >= 11 is 0. The highest BCUT2D eigenvalue weighted by molar-refractivity contribution is 6.11. The highest BCUT2D eigenvalue weighted by Crippen LogP contribution is 2.33. The first-order valence-electron chi connectivity index (χ1n) is 9.11. The number of nitrogens with zero attached hydrogens (tertiary/aromatic N) is 3. The summed E-state index contributed by atoms with van der Waals surface area (Å²) in [5, 5.41) is 17.5. The van der Waals surface area contributed by atoms with Gasteiger partial charge < -0.3 is 16.0 Å². The number of aromatic nitrogens is 3. The van der Waals surface area contributed by atoms with Crippen LogP contribution in [0.3, 0.4) is 0 Å². The molecule has 0 unspecified atom stereocenters. The maximum Gasteiger partial charge on any atom is 0.417 e. The van der Waals surface area contributed by atoms with Crippen LogP contribution in [0.15, 0.2) is 61.3 Å². The molecule has 3 aromatic rings. The Morgan fingerprint density at radius 3 is 2.65 bits per heavy atom. The van der Waals surface area contributed by atoms with E-state index in [0.29, 0.717) is 11.4 Å². The van der Waals surface area contributed by atoms with Crippen LogP contribution in [0.25, 0.3) is 5.69 Å². The van der Waals surface area contributed by atoms with Crippen molar-refractivity contribution in [3.63, 3.8) is 0 Å². The van der Waals surface area contributed by atoms with Crippen molar-refractivity contribution >= 4 is 17.3 Å². The van der Waals surface area contributed by atoms with E-state index >= 15 is 0 Å². The maximum atomic E-state index is 13.4. The number of rotatable bonds is 6. The molecule has 0 atom stereocenters. The van der Waals surface area contributed by atoms with Gasteiger partial charge in [-0.25, -0.2) is 4.68 Å². The lowest BCUT2D eigenvalue weighted by Gasteiger charge is -2.15. The van der Waals surface area contributed by atoms with E-state index in [9.17, 15) is 18.0 Å². The number of carbonyl (C=O) groups is 1. The van der Waals surface area contributed by atoms with Crippen molar-refractivity contribution in [1.29, 1.82) is 5.41 Å². The Hall–Kier alpha value is -3.95. The summed E-state index contributed by atoms with van der Waals surface area (Å²) in [6.45, 7) is 1.87. The van der Waals surface area contributed by atoms with E-state index in [1.807, 2.05) is 6.92 Å². The molecule has 2 aromatic heterocycles. The van der Waals surface area contributed by atoms with Crippen LogP contribution >= 0.6 is 0 Å². The number of allylic oxidation sites excluding steroid dienone is 1. The molecule has 1 aromatic carbocycles. The summed E-state index contributed by atoms with van der Waals surface area (Å²) in [6, 6.07) is 4.57. The minimum absolute atomic E-state index is 0.0305. The SMILES string of the molecule is CN/C=C\C(=N)c1cc(C(=O)Nc2cnccc2-n2cc(C)cn2)ccc1C(F)(F)F. The molecule has 0 radical (unpaired) electrons.